The number of hydrogen-bond donors (Lipinski definition) is 3. The molecule has 25 heavy (non-hydrogen) atoms. The highest BCUT2D eigenvalue weighted by molar-refractivity contribution is 5.91. The first-order valence-electron chi connectivity index (χ1n) is 8.62. The summed E-state index contributed by atoms with van der Waals surface area (Å²) in [6, 6.07) is 3.31. The van der Waals surface area contributed by atoms with Crippen molar-refractivity contribution in [3.8, 4) is 0 Å². The van der Waals surface area contributed by atoms with E-state index in [4.69, 9.17) is 4.42 Å². The van der Waals surface area contributed by atoms with Crippen LogP contribution in [0.15, 0.2) is 27.8 Å². The zero-order chi connectivity index (χ0) is 18.1. The average molecular weight is 349 g/mol. The molecule has 1 aliphatic rings. The number of amides is 2. The van der Waals surface area contributed by atoms with Gasteiger partial charge in [0.2, 0.25) is 5.91 Å². The van der Waals surface area contributed by atoms with Crippen LogP contribution < -0.4 is 16.0 Å². The van der Waals surface area contributed by atoms with Crippen LogP contribution in [0.25, 0.3) is 0 Å². The lowest BCUT2D eigenvalue weighted by molar-refractivity contribution is -0.121. The number of likely N-dealkylation sites (tertiary alicyclic amines) is 1. The SMILES string of the molecule is CN=C(NCCNC(=O)c1ccco1)N1CCC(CC(=O)NC)CC1. The topological polar surface area (TPSA) is 99.0 Å². The van der Waals surface area contributed by atoms with E-state index in [1.165, 1.54) is 6.26 Å². The Balaban J connectivity index is 1.67. The number of hydrogen-bond acceptors (Lipinski definition) is 4. The van der Waals surface area contributed by atoms with Crippen molar-refractivity contribution in [3.05, 3.63) is 24.2 Å². The molecule has 2 rings (SSSR count). The summed E-state index contributed by atoms with van der Waals surface area (Å²) >= 11 is 0. The lowest BCUT2D eigenvalue weighted by atomic mass is 9.93. The monoisotopic (exact) mass is 349 g/mol. The second kappa shape index (κ2) is 9.71. The van der Waals surface area contributed by atoms with Gasteiger partial charge in [-0.05, 0) is 30.9 Å². The standard InChI is InChI=1S/C17H27N5O3/c1-18-15(23)12-13-5-9-22(10-6-13)17(19-2)21-8-7-20-16(24)14-4-3-11-25-14/h3-4,11,13H,5-10,12H2,1-2H3,(H,18,23)(H,19,21)(H,20,24). The number of piperidine rings is 1. The van der Waals surface area contributed by atoms with Crippen molar-refractivity contribution in [2.24, 2.45) is 10.9 Å². The average Bonchev–Trinajstić information content (AvgIpc) is 3.17. The van der Waals surface area contributed by atoms with Crippen molar-refractivity contribution < 1.29 is 14.0 Å². The maximum atomic E-state index is 11.8. The minimum Gasteiger partial charge on any atom is -0.459 e. The molecule has 8 nitrogen and oxygen atoms in total. The molecule has 138 valence electrons. The Morgan fingerprint density at radius 3 is 2.60 bits per heavy atom. The Morgan fingerprint density at radius 2 is 2.00 bits per heavy atom. The highest BCUT2D eigenvalue weighted by Gasteiger charge is 2.22. The molecule has 0 bridgehead atoms. The summed E-state index contributed by atoms with van der Waals surface area (Å²) in [6.45, 7) is 2.81. The Hall–Kier alpha value is -2.51. The fourth-order valence-electron chi connectivity index (χ4n) is 2.89. The second-order valence-electron chi connectivity index (χ2n) is 6.01. The number of guanidine groups is 1. The molecule has 2 amide bonds. The van der Waals surface area contributed by atoms with E-state index < -0.39 is 0 Å². The smallest absolute Gasteiger partial charge is 0.287 e. The number of rotatable bonds is 6. The highest BCUT2D eigenvalue weighted by atomic mass is 16.3. The van der Waals surface area contributed by atoms with Gasteiger partial charge in [0.1, 0.15) is 0 Å². The van der Waals surface area contributed by atoms with Crippen LogP contribution in [0.1, 0.15) is 29.8 Å². The molecule has 0 spiro atoms. The van der Waals surface area contributed by atoms with Gasteiger partial charge in [-0.2, -0.15) is 0 Å². The maximum absolute atomic E-state index is 11.8. The van der Waals surface area contributed by atoms with Gasteiger partial charge in [0.05, 0.1) is 6.26 Å². The van der Waals surface area contributed by atoms with E-state index >= 15 is 0 Å². The van der Waals surface area contributed by atoms with Gasteiger partial charge in [0.15, 0.2) is 11.7 Å². The third-order valence-electron chi connectivity index (χ3n) is 4.32. The molecule has 0 saturated carbocycles. The first kappa shape index (κ1) is 18.8. The van der Waals surface area contributed by atoms with Gasteiger partial charge in [-0.3, -0.25) is 14.6 Å². The van der Waals surface area contributed by atoms with Crippen LogP contribution in [-0.4, -0.2) is 62.9 Å². The third-order valence-corrected chi connectivity index (χ3v) is 4.32. The molecule has 0 unspecified atom stereocenters. The molecule has 0 atom stereocenters. The van der Waals surface area contributed by atoms with Crippen LogP contribution in [0, 0.1) is 5.92 Å². The van der Waals surface area contributed by atoms with E-state index in [9.17, 15) is 9.59 Å². The van der Waals surface area contributed by atoms with Crippen LogP contribution in [-0.2, 0) is 4.79 Å². The largest absolute Gasteiger partial charge is 0.459 e. The van der Waals surface area contributed by atoms with Crippen molar-refractivity contribution in [2.75, 3.05) is 40.3 Å². The highest BCUT2D eigenvalue weighted by Crippen LogP contribution is 2.20. The predicted molar refractivity (Wildman–Crippen MR) is 95.4 cm³/mol. The minimum atomic E-state index is -0.225. The maximum Gasteiger partial charge on any atom is 0.287 e. The van der Waals surface area contributed by atoms with Crippen LogP contribution in [0.2, 0.25) is 0 Å². The van der Waals surface area contributed by atoms with E-state index in [1.54, 1.807) is 26.2 Å². The van der Waals surface area contributed by atoms with Crippen LogP contribution in [0.4, 0.5) is 0 Å². The van der Waals surface area contributed by atoms with E-state index in [1.807, 2.05) is 0 Å². The van der Waals surface area contributed by atoms with Gasteiger partial charge >= 0.3 is 0 Å². The molecule has 1 aromatic heterocycles. The molecule has 1 aromatic rings. The number of nitrogens with zero attached hydrogens (tertiary/aromatic N) is 2. The zero-order valence-electron chi connectivity index (χ0n) is 14.9. The quantitative estimate of drug-likeness (QED) is 0.393. The lowest BCUT2D eigenvalue weighted by Crippen LogP contribution is -2.47. The Bertz CT molecular complexity index is 577. The molecular formula is C17H27N5O3. The van der Waals surface area contributed by atoms with Gasteiger partial charge in [0, 0.05) is 46.7 Å². The molecular weight excluding hydrogens is 322 g/mol. The van der Waals surface area contributed by atoms with E-state index in [-0.39, 0.29) is 11.8 Å². The summed E-state index contributed by atoms with van der Waals surface area (Å²) in [5.74, 6) is 1.44. The minimum absolute atomic E-state index is 0.105. The third kappa shape index (κ3) is 5.81. The molecule has 1 aliphatic heterocycles. The number of nitrogens with one attached hydrogen (secondary N) is 3. The molecule has 3 N–H and O–H groups in total. The summed E-state index contributed by atoms with van der Waals surface area (Å²) in [4.78, 5) is 29.7. The van der Waals surface area contributed by atoms with E-state index in [0.29, 0.717) is 31.2 Å². The molecule has 2 heterocycles. The van der Waals surface area contributed by atoms with Crippen molar-refractivity contribution >= 4 is 17.8 Å². The number of aliphatic imine (C=N–C) groups is 1. The Kier molecular flexibility index (Phi) is 7.31. The van der Waals surface area contributed by atoms with Crippen molar-refractivity contribution in [1.82, 2.24) is 20.9 Å². The number of carbonyl (C=O) groups excluding carboxylic acids is 2. The van der Waals surface area contributed by atoms with Crippen LogP contribution in [0.5, 0.6) is 0 Å². The van der Waals surface area contributed by atoms with Crippen LogP contribution in [0.3, 0.4) is 0 Å². The molecule has 0 aliphatic carbocycles. The van der Waals surface area contributed by atoms with Gasteiger partial charge in [0.25, 0.3) is 5.91 Å². The first-order chi connectivity index (χ1) is 12.1. The van der Waals surface area contributed by atoms with Crippen LogP contribution >= 0.6 is 0 Å². The Labute approximate surface area is 148 Å². The zero-order valence-corrected chi connectivity index (χ0v) is 14.9. The molecule has 0 aromatic carbocycles. The summed E-state index contributed by atoms with van der Waals surface area (Å²) in [7, 11) is 3.42. The normalized spacial score (nSPS) is 15.8. The summed E-state index contributed by atoms with van der Waals surface area (Å²) in [5.41, 5.74) is 0. The van der Waals surface area contributed by atoms with Crippen molar-refractivity contribution in [3.63, 3.8) is 0 Å². The van der Waals surface area contributed by atoms with E-state index in [0.717, 1.165) is 31.9 Å². The fraction of sp³-hybridized carbons (Fsp3) is 0.588. The molecule has 1 saturated heterocycles. The van der Waals surface area contributed by atoms with Crippen molar-refractivity contribution in [2.45, 2.75) is 19.3 Å². The molecule has 8 heteroatoms. The molecule has 1 fully saturated rings. The van der Waals surface area contributed by atoms with Crippen molar-refractivity contribution in [1.29, 1.82) is 0 Å². The summed E-state index contributed by atoms with van der Waals surface area (Å²) in [6.07, 6.45) is 4.02. The summed E-state index contributed by atoms with van der Waals surface area (Å²) < 4.78 is 5.04. The van der Waals surface area contributed by atoms with E-state index in [2.05, 4.69) is 25.8 Å². The summed E-state index contributed by atoms with van der Waals surface area (Å²) in [5, 5.41) is 8.73. The fourth-order valence-corrected chi connectivity index (χ4v) is 2.89. The number of furan rings is 1. The van der Waals surface area contributed by atoms with Gasteiger partial charge < -0.3 is 25.3 Å². The second-order valence-corrected chi connectivity index (χ2v) is 6.01. The molecule has 0 radical (unpaired) electrons. The Morgan fingerprint density at radius 1 is 1.28 bits per heavy atom. The number of carbonyl (C=O) groups is 2. The van der Waals surface area contributed by atoms with Gasteiger partial charge in [-0.15, -0.1) is 0 Å². The first-order valence-corrected chi connectivity index (χ1v) is 8.62. The lowest BCUT2D eigenvalue weighted by Gasteiger charge is -2.34. The van der Waals surface area contributed by atoms with Gasteiger partial charge in [-0.25, -0.2) is 0 Å². The van der Waals surface area contributed by atoms with Gasteiger partial charge in [-0.1, -0.05) is 0 Å². The predicted octanol–water partition coefficient (Wildman–Crippen LogP) is 0.433.